The van der Waals surface area contributed by atoms with Crippen molar-refractivity contribution in [3.63, 3.8) is 0 Å². The standard InChI is InChI=1S/C9H11.2C2H5.Sb/c1-2-6-9-7-4-3-5-8-9;2*1-2;/h2-5,7-8H,6H2,1H3;2*1H2,2H3;. The van der Waals surface area contributed by atoms with Gasteiger partial charge in [-0.15, -0.1) is 0 Å². The van der Waals surface area contributed by atoms with Gasteiger partial charge in [0.15, 0.2) is 0 Å². The molecule has 0 heterocycles. The second-order valence-corrected chi connectivity index (χ2v) is 13.2. The molecule has 1 rings (SSSR count). The molecule has 0 fully saturated rings. The second-order valence-electron chi connectivity index (χ2n) is 3.76. The Labute approximate surface area is 95.7 Å². The van der Waals surface area contributed by atoms with Gasteiger partial charge in [-0.05, 0) is 0 Å². The summed E-state index contributed by atoms with van der Waals surface area (Å²) in [5.74, 6) is 0. The Hall–Kier alpha value is 0.0382. The Morgan fingerprint density at radius 3 is 2.14 bits per heavy atom. The van der Waals surface area contributed by atoms with E-state index in [1.54, 1.807) is 0 Å². The predicted molar refractivity (Wildman–Crippen MR) is 66.3 cm³/mol. The molecule has 1 unspecified atom stereocenters. The van der Waals surface area contributed by atoms with Gasteiger partial charge in [0.1, 0.15) is 0 Å². The van der Waals surface area contributed by atoms with Gasteiger partial charge >= 0.3 is 95.9 Å². The third-order valence-electron chi connectivity index (χ3n) is 2.81. The van der Waals surface area contributed by atoms with Gasteiger partial charge in [0.25, 0.3) is 0 Å². The molecule has 1 aromatic carbocycles. The van der Waals surface area contributed by atoms with Crippen LogP contribution < -0.4 is 0 Å². The maximum atomic E-state index is 2.46. The summed E-state index contributed by atoms with van der Waals surface area (Å²) in [5.41, 5.74) is 1.52. The van der Waals surface area contributed by atoms with Crippen LogP contribution in [0.2, 0.25) is 12.6 Å². The molecule has 0 bridgehead atoms. The first kappa shape index (κ1) is 12.1. The third-order valence-corrected chi connectivity index (χ3v) is 11.5. The molecule has 0 saturated carbocycles. The molecule has 1 aromatic rings. The molecule has 0 nitrogen and oxygen atoms in total. The van der Waals surface area contributed by atoms with Crippen LogP contribution in [-0.4, -0.2) is 20.2 Å². The molecule has 1 atom stereocenters. The van der Waals surface area contributed by atoms with E-state index in [2.05, 4.69) is 51.1 Å². The van der Waals surface area contributed by atoms with Gasteiger partial charge in [0.2, 0.25) is 0 Å². The van der Waals surface area contributed by atoms with Crippen molar-refractivity contribution in [3.8, 4) is 0 Å². The Kier molecular flexibility index (Phi) is 5.63. The Bertz CT molecular complexity index is 239. The molecule has 0 radical (unpaired) electrons. The summed E-state index contributed by atoms with van der Waals surface area (Å²) in [6.07, 6.45) is 1.31. The van der Waals surface area contributed by atoms with Gasteiger partial charge in [0, 0.05) is 0 Å². The van der Waals surface area contributed by atoms with E-state index in [9.17, 15) is 0 Å². The summed E-state index contributed by atoms with van der Waals surface area (Å²) in [6.45, 7) is 7.23. The molecule has 14 heavy (non-hydrogen) atoms. The number of hydrogen-bond donors (Lipinski definition) is 0. The van der Waals surface area contributed by atoms with Gasteiger partial charge in [-0.2, -0.15) is 0 Å². The van der Waals surface area contributed by atoms with Crippen LogP contribution in [0.25, 0.3) is 0 Å². The maximum absolute atomic E-state index is 2.46. The predicted octanol–water partition coefficient (Wildman–Crippen LogP) is 4.15. The summed E-state index contributed by atoms with van der Waals surface area (Å²) in [5, 5.41) is 0. The number of rotatable bonds is 5. The fourth-order valence-electron chi connectivity index (χ4n) is 1.93. The average Bonchev–Trinajstić information content (AvgIpc) is 2.21. The Morgan fingerprint density at radius 2 is 1.64 bits per heavy atom. The van der Waals surface area contributed by atoms with Crippen molar-refractivity contribution >= 4 is 20.2 Å². The molecule has 0 aromatic heterocycles. The zero-order valence-corrected chi connectivity index (χ0v) is 12.1. The first-order valence-corrected chi connectivity index (χ1v) is 10.6. The quantitative estimate of drug-likeness (QED) is 0.716. The monoisotopic (exact) mass is 298 g/mol. The summed E-state index contributed by atoms with van der Waals surface area (Å²) in [6, 6.07) is 10.9. The molecule has 0 spiro atoms. The van der Waals surface area contributed by atoms with Gasteiger partial charge in [-0.3, -0.25) is 0 Å². The van der Waals surface area contributed by atoms with E-state index in [0.717, 1.165) is 3.86 Å². The molecule has 0 aliphatic rings. The van der Waals surface area contributed by atoms with Crippen molar-refractivity contribution in [1.82, 2.24) is 0 Å². The van der Waals surface area contributed by atoms with E-state index in [1.807, 2.05) is 0 Å². The SMILES string of the molecule is C[CH2][Sb]([CH2]C)[CH](C)Cc1ccccc1. The summed E-state index contributed by atoms with van der Waals surface area (Å²) >= 11 is -0.885. The molecular formula is C13H21Sb. The van der Waals surface area contributed by atoms with Crippen molar-refractivity contribution in [2.75, 3.05) is 0 Å². The van der Waals surface area contributed by atoms with E-state index < -0.39 is 20.2 Å². The van der Waals surface area contributed by atoms with Crippen LogP contribution in [-0.2, 0) is 6.42 Å². The fraction of sp³-hybridized carbons (Fsp3) is 0.538. The molecule has 1 heteroatoms. The first-order chi connectivity index (χ1) is 6.77. The number of benzene rings is 1. The van der Waals surface area contributed by atoms with E-state index in [-0.39, 0.29) is 0 Å². The second kappa shape index (κ2) is 6.51. The molecule has 0 aliphatic heterocycles. The van der Waals surface area contributed by atoms with Crippen LogP contribution in [0.15, 0.2) is 30.3 Å². The molecule has 0 aliphatic carbocycles. The normalized spacial score (nSPS) is 13.1. The first-order valence-electron chi connectivity index (χ1n) is 5.55. The summed E-state index contributed by atoms with van der Waals surface area (Å²) in [4.78, 5) is 0. The van der Waals surface area contributed by atoms with Crippen LogP contribution in [0, 0.1) is 0 Å². The minimum absolute atomic E-state index is 0.885. The molecule has 0 amide bonds. The van der Waals surface area contributed by atoms with Crippen molar-refractivity contribution < 1.29 is 0 Å². The molecule has 78 valence electrons. The van der Waals surface area contributed by atoms with E-state index >= 15 is 0 Å². The third kappa shape index (κ3) is 3.65. The zero-order valence-electron chi connectivity index (χ0n) is 9.53. The Morgan fingerprint density at radius 1 is 1.07 bits per heavy atom. The van der Waals surface area contributed by atoms with E-state index in [0.29, 0.717) is 0 Å². The molecule has 0 saturated heterocycles. The van der Waals surface area contributed by atoms with Crippen LogP contribution in [0.1, 0.15) is 26.3 Å². The van der Waals surface area contributed by atoms with E-state index in [1.165, 1.54) is 20.7 Å². The average molecular weight is 299 g/mol. The summed E-state index contributed by atoms with van der Waals surface area (Å²) in [7, 11) is 0. The fourth-order valence-corrected chi connectivity index (χ4v) is 8.10. The van der Waals surface area contributed by atoms with Gasteiger partial charge < -0.3 is 0 Å². The van der Waals surface area contributed by atoms with Crippen LogP contribution in [0.4, 0.5) is 0 Å². The van der Waals surface area contributed by atoms with Crippen LogP contribution in [0.5, 0.6) is 0 Å². The van der Waals surface area contributed by atoms with Gasteiger partial charge in [-0.1, -0.05) is 0 Å². The number of hydrogen-bond acceptors (Lipinski definition) is 0. The van der Waals surface area contributed by atoms with Crippen LogP contribution in [0.3, 0.4) is 0 Å². The van der Waals surface area contributed by atoms with E-state index in [4.69, 9.17) is 0 Å². The van der Waals surface area contributed by atoms with Crippen molar-refractivity contribution in [3.05, 3.63) is 35.9 Å². The molecule has 0 N–H and O–H groups in total. The van der Waals surface area contributed by atoms with Crippen LogP contribution >= 0.6 is 0 Å². The summed E-state index contributed by atoms with van der Waals surface area (Å²) < 4.78 is 3.98. The topological polar surface area (TPSA) is 0 Å². The van der Waals surface area contributed by atoms with Crippen molar-refractivity contribution in [1.29, 1.82) is 0 Å². The minimum atomic E-state index is -0.885. The van der Waals surface area contributed by atoms with Crippen molar-refractivity contribution in [2.24, 2.45) is 0 Å². The Balaban J connectivity index is 2.52. The zero-order chi connectivity index (χ0) is 10.4. The van der Waals surface area contributed by atoms with Crippen molar-refractivity contribution in [2.45, 2.75) is 39.8 Å². The molecular weight excluding hydrogens is 278 g/mol. The van der Waals surface area contributed by atoms with Gasteiger partial charge in [-0.25, -0.2) is 0 Å². The van der Waals surface area contributed by atoms with Gasteiger partial charge in [0.05, 0.1) is 0 Å².